The topological polar surface area (TPSA) is 66.4 Å². The van der Waals surface area contributed by atoms with E-state index in [1.807, 2.05) is 0 Å². The van der Waals surface area contributed by atoms with Crippen LogP contribution in [0.25, 0.3) is 0 Å². The van der Waals surface area contributed by atoms with Crippen LogP contribution in [-0.4, -0.2) is 35.6 Å². The molecule has 0 aromatic rings. The maximum Gasteiger partial charge on any atom is 0.453 e. The van der Waals surface area contributed by atoms with Crippen molar-refractivity contribution in [2.75, 3.05) is 6.54 Å². The predicted molar refractivity (Wildman–Crippen MR) is 45.4 cm³/mol. The van der Waals surface area contributed by atoms with E-state index in [9.17, 15) is 31.5 Å². The molecular formula is C8H10F5NO3. The Hall–Kier alpha value is -1.41. The Labute approximate surface area is 92.8 Å². The van der Waals surface area contributed by atoms with Crippen molar-refractivity contribution < 1.29 is 36.6 Å². The monoisotopic (exact) mass is 263 g/mol. The first kappa shape index (κ1) is 15.6. The molecule has 0 rings (SSSR count). The maximum absolute atomic E-state index is 12.3. The highest BCUT2D eigenvalue weighted by Crippen LogP contribution is 2.37. The fourth-order valence-corrected chi connectivity index (χ4v) is 0.750. The first-order valence-corrected chi connectivity index (χ1v) is 4.44. The lowest BCUT2D eigenvalue weighted by Crippen LogP contribution is -2.41. The molecule has 0 saturated heterocycles. The van der Waals surface area contributed by atoms with Crippen LogP contribution in [0.5, 0.6) is 0 Å². The molecule has 2 N–H and O–H groups in total. The number of nitrogens with one attached hydrogen (secondary N) is 1. The van der Waals surface area contributed by atoms with E-state index in [0.29, 0.717) is 0 Å². The summed E-state index contributed by atoms with van der Waals surface area (Å²) in [5.74, 6) is -9.03. The molecule has 0 aliphatic heterocycles. The number of rotatable bonds is 5. The van der Waals surface area contributed by atoms with Gasteiger partial charge in [-0.15, -0.1) is 0 Å². The van der Waals surface area contributed by atoms with Crippen molar-refractivity contribution in [1.29, 1.82) is 0 Å². The first-order valence-electron chi connectivity index (χ1n) is 4.44. The molecule has 9 heteroatoms. The molecule has 0 aliphatic rings. The lowest BCUT2D eigenvalue weighted by atomic mass is 10.1. The average molecular weight is 263 g/mol. The molecule has 1 amide bonds. The maximum atomic E-state index is 12.3. The number of hydrogen-bond acceptors (Lipinski definition) is 2. The van der Waals surface area contributed by atoms with Gasteiger partial charge in [-0.25, -0.2) is 0 Å². The van der Waals surface area contributed by atoms with E-state index in [1.165, 1.54) is 0 Å². The standard InChI is InChI=1S/C8H10F5NO3/c1-4(6(16)17)5(15)14-3-2-7(9,10)8(11,12)13/h4H,2-3H2,1H3,(H,14,15)(H,16,17)/t4-/m0/s1. The highest BCUT2D eigenvalue weighted by atomic mass is 19.4. The third-order valence-corrected chi connectivity index (χ3v) is 1.92. The number of carboxylic acid groups (broad SMARTS) is 1. The molecule has 0 heterocycles. The number of hydrogen-bond donors (Lipinski definition) is 2. The molecule has 0 bridgehead atoms. The van der Waals surface area contributed by atoms with Crippen molar-refractivity contribution >= 4 is 11.9 Å². The predicted octanol–water partition coefficient (Wildman–Crippen LogP) is 1.41. The molecule has 0 radical (unpaired) electrons. The van der Waals surface area contributed by atoms with E-state index in [0.717, 1.165) is 6.92 Å². The normalized spacial score (nSPS) is 14.2. The molecule has 0 fully saturated rings. The third-order valence-electron chi connectivity index (χ3n) is 1.92. The van der Waals surface area contributed by atoms with Crippen LogP contribution in [-0.2, 0) is 9.59 Å². The second-order valence-electron chi connectivity index (χ2n) is 3.30. The van der Waals surface area contributed by atoms with Crippen LogP contribution < -0.4 is 5.32 Å². The zero-order valence-electron chi connectivity index (χ0n) is 8.65. The van der Waals surface area contributed by atoms with Crippen LogP contribution in [0.15, 0.2) is 0 Å². The Bertz CT molecular complexity index is 302. The smallest absolute Gasteiger partial charge is 0.453 e. The zero-order chi connectivity index (χ0) is 13.9. The van der Waals surface area contributed by atoms with Crippen molar-refractivity contribution in [3.05, 3.63) is 0 Å². The average Bonchev–Trinajstić information content (AvgIpc) is 2.14. The summed E-state index contributed by atoms with van der Waals surface area (Å²) in [5, 5.41) is 10.0. The van der Waals surface area contributed by atoms with Gasteiger partial charge in [0.25, 0.3) is 0 Å². The minimum Gasteiger partial charge on any atom is -0.481 e. The van der Waals surface area contributed by atoms with Crippen LogP contribution >= 0.6 is 0 Å². The lowest BCUT2D eigenvalue weighted by molar-refractivity contribution is -0.283. The molecule has 0 aliphatic carbocycles. The second-order valence-corrected chi connectivity index (χ2v) is 3.30. The Morgan fingerprint density at radius 1 is 1.24 bits per heavy atom. The summed E-state index contributed by atoms with van der Waals surface area (Å²) in [4.78, 5) is 21.2. The minimum atomic E-state index is -5.68. The van der Waals surface area contributed by atoms with Crippen molar-refractivity contribution in [2.24, 2.45) is 5.92 Å². The van der Waals surface area contributed by atoms with E-state index in [4.69, 9.17) is 5.11 Å². The number of carbonyl (C=O) groups is 2. The summed E-state index contributed by atoms with van der Waals surface area (Å²) in [7, 11) is 0. The van der Waals surface area contributed by atoms with Gasteiger partial charge in [0.15, 0.2) is 0 Å². The summed E-state index contributed by atoms with van der Waals surface area (Å²) in [6, 6.07) is 0. The molecule has 0 aromatic carbocycles. The Balaban J connectivity index is 4.17. The number of alkyl halides is 5. The van der Waals surface area contributed by atoms with Gasteiger partial charge in [-0.1, -0.05) is 0 Å². The van der Waals surface area contributed by atoms with Gasteiger partial charge in [0, 0.05) is 13.0 Å². The van der Waals surface area contributed by atoms with Crippen LogP contribution in [0.2, 0.25) is 0 Å². The lowest BCUT2D eigenvalue weighted by Gasteiger charge is -2.19. The Kier molecular flexibility index (Phi) is 4.84. The molecule has 1 atom stereocenters. The van der Waals surface area contributed by atoms with Crippen molar-refractivity contribution in [3.8, 4) is 0 Å². The van der Waals surface area contributed by atoms with Gasteiger partial charge in [0.1, 0.15) is 5.92 Å². The number of aliphatic carboxylic acids is 1. The summed E-state index contributed by atoms with van der Waals surface area (Å²) >= 11 is 0. The van der Waals surface area contributed by atoms with Gasteiger partial charge in [0.05, 0.1) is 0 Å². The molecule has 17 heavy (non-hydrogen) atoms. The highest BCUT2D eigenvalue weighted by Gasteiger charge is 2.56. The Morgan fingerprint density at radius 2 is 1.71 bits per heavy atom. The third kappa shape index (κ3) is 4.53. The zero-order valence-corrected chi connectivity index (χ0v) is 8.65. The summed E-state index contributed by atoms with van der Waals surface area (Å²) in [6.45, 7) is 0.0303. The fraction of sp³-hybridized carbons (Fsp3) is 0.750. The summed E-state index contributed by atoms with van der Waals surface area (Å²) in [6.07, 6.45) is -7.31. The van der Waals surface area contributed by atoms with Gasteiger partial charge in [-0.05, 0) is 6.92 Å². The van der Waals surface area contributed by atoms with E-state index in [-0.39, 0.29) is 0 Å². The number of amides is 1. The van der Waals surface area contributed by atoms with Crippen molar-refractivity contribution in [3.63, 3.8) is 0 Å². The second kappa shape index (κ2) is 5.28. The largest absolute Gasteiger partial charge is 0.481 e. The molecule has 0 aromatic heterocycles. The fourth-order valence-electron chi connectivity index (χ4n) is 0.750. The molecule has 0 spiro atoms. The van der Waals surface area contributed by atoms with Gasteiger partial charge >= 0.3 is 18.1 Å². The first-order chi connectivity index (χ1) is 7.49. The molecule has 0 saturated carbocycles. The van der Waals surface area contributed by atoms with E-state index in [1.54, 1.807) is 5.32 Å². The highest BCUT2D eigenvalue weighted by molar-refractivity contribution is 5.96. The van der Waals surface area contributed by atoms with Crippen molar-refractivity contribution in [1.82, 2.24) is 5.32 Å². The number of halogens is 5. The molecule has 0 unspecified atom stereocenters. The van der Waals surface area contributed by atoms with Gasteiger partial charge < -0.3 is 10.4 Å². The number of carboxylic acids is 1. The quantitative estimate of drug-likeness (QED) is 0.582. The van der Waals surface area contributed by atoms with E-state index >= 15 is 0 Å². The molecule has 4 nitrogen and oxygen atoms in total. The minimum absolute atomic E-state index is 0.955. The van der Waals surface area contributed by atoms with Crippen molar-refractivity contribution in [2.45, 2.75) is 25.4 Å². The van der Waals surface area contributed by atoms with Gasteiger partial charge in [-0.2, -0.15) is 22.0 Å². The van der Waals surface area contributed by atoms with Gasteiger partial charge in [-0.3, -0.25) is 9.59 Å². The van der Waals surface area contributed by atoms with E-state index < -0.39 is 42.9 Å². The van der Waals surface area contributed by atoms with Crippen LogP contribution in [0.1, 0.15) is 13.3 Å². The SMILES string of the molecule is C[C@H](C(=O)O)C(=O)NCCC(F)(F)C(F)(F)F. The van der Waals surface area contributed by atoms with Crippen LogP contribution in [0.4, 0.5) is 22.0 Å². The number of carbonyl (C=O) groups excluding carboxylic acids is 1. The van der Waals surface area contributed by atoms with Crippen LogP contribution in [0, 0.1) is 5.92 Å². The summed E-state index contributed by atoms with van der Waals surface area (Å²) in [5.41, 5.74) is 0. The Morgan fingerprint density at radius 3 is 2.06 bits per heavy atom. The van der Waals surface area contributed by atoms with Crippen LogP contribution in [0.3, 0.4) is 0 Å². The summed E-state index contributed by atoms with van der Waals surface area (Å²) < 4.78 is 59.8. The van der Waals surface area contributed by atoms with E-state index in [2.05, 4.69) is 0 Å². The molecular weight excluding hydrogens is 253 g/mol. The molecule has 100 valence electrons. The van der Waals surface area contributed by atoms with Gasteiger partial charge in [0.2, 0.25) is 5.91 Å².